The summed E-state index contributed by atoms with van der Waals surface area (Å²) < 4.78 is 5.47. The fourth-order valence-corrected chi connectivity index (χ4v) is 2.26. The van der Waals surface area contributed by atoms with Gasteiger partial charge in [0.1, 0.15) is 11.4 Å². The summed E-state index contributed by atoms with van der Waals surface area (Å²) in [5.74, 6) is 0.367. The van der Waals surface area contributed by atoms with Crippen LogP contribution in [0.1, 0.15) is 18.9 Å². The van der Waals surface area contributed by atoms with E-state index in [1.54, 1.807) is 19.1 Å². The zero-order valence-corrected chi connectivity index (χ0v) is 13.7. The molecule has 122 valence electrons. The number of para-hydroxylation sites is 1. The topological polar surface area (TPSA) is 58.6 Å². The Kier molecular flexibility index (Phi) is 6.02. The summed E-state index contributed by atoms with van der Waals surface area (Å²) in [6.45, 7) is 2.04. The van der Waals surface area contributed by atoms with Crippen LogP contribution in [0.4, 0.5) is 0 Å². The first-order valence-corrected chi connectivity index (χ1v) is 7.79. The van der Waals surface area contributed by atoms with Crippen molar-refractivity contribution < 1.29 is 14.6 Å². The third-order valence-electron chi connectivity index (χ3n) is 3.45. The Balaban J connectivity index is 1.76. The molecule has 1 atom stereocenters. The molecule has 0 bridgehead atoms. The maximum absolute atomic E-state index is 11.9. The van der Waals surface area contributed by atoms with E-state index in [1.807, 2.05) is 42.5 Å². The van der Waals surface area contributed by atoms with E-state index in [9.17, 15) is 9.90 Å². The summed E-state index contributed by atoms with van der Waals surface area (Å²) in [5.41, 5.74) is -0.354. The second kappa shape index (κ2) is 7.99. The third kappa shape index (κ3) is 5.27. The van der Waals surface area contributed by atoms with Gasteiger partial charge in [-0.3, -0.25) is 4.79 Å². The van der Waals surface area contributed by atoms with Gasteiger partial charge in [0.25, 0.3) is 0 Å². The Hall–Kier alpha value is -2.04. The number of carbonyl (C=O) groups excluding carboxylic acids is 1. The van der Waals surface area contributed by atoms with Crippen LogP contribution < -0.4 is 10.1 Å². The highest BCUT2D eigenvalue weighted by atomic mass is 35.5. The van der Waals surface area contributed by atoms with Crippen LogP contribution in [0.2, 0.25) is 5.02 Å². The van der Waals surface area contributed by atoms with Crippen molar-refractivity contribution >= 4 is 17.5 Å². The second-order valence-corrected chi connectivity index (χ2v) is 5.85. The summed E-state index contributed by atoms with van der Waals surface area (Å²) in [6.07, 6.45) is 0.191. The van der Waals surface area contributed by atoms with Crippen molar-refractivity contribution in [3.63, 3.8) is 0 Å². The van der Waals surface area contributed by atoms with Crippen molar-refractivity contribution in [2.45, 2.75) is 18.9 Å². The van der Waals surface area contributed by atoms with Crippen LogP contribution in [-0.2, 0) is 10.4 Å². The number of nitrogens with one attached hydrogen (secondary N) is 1. The maximum Gasteiger partial charge on any atom is 0.223 e. The molecule has 2 aromatic carbocycles. The van der Waals surface area contributed by atoms with Crippen LogP contribution in [0.5, 0.6) is 5.75 Å². The molecule has 0 spiro atoms. The van der Waals surface area contributed by atoms with Crippen molar-refractivity contribution in [1.29, 1.82) is 0 Å². The van der Waals surface area contributed by atoms with Gasteiger partial charge in [0, 0.05) is 0 Å². The van der Waals surface area contributed by atoms with Crippen LogP contribution in [0.25, 0.3) is 0 Å². The summed E-state index contributed by atoms with van der Waals surface area (Å²) in [6, 6.07) is 16.3. The molecule has 2 rings (SSSR count). The Morgan fingerprint density at radius 2 is 1.83 bits per heavy atom. The maximum atomic E-state index is 11.9. The van der Waals surface area contributed by atoms with E-state index in [4.69, 9.17) is 16.3 Å². The van der Waals surface area contributed by atoms with Gasteiger partial charge >= 0.3 is 0 Å². The highest BCUT2D eigenvalue weighted by Gasteiger charge is 2.23. The van der Waals surface area contributed by atoms with Gasteiger partial charge in [0.15, 0.2) is 0 Å². The number of rotatable bonds is 7. The van der Waals surface area contributed by atoms with Gasteiger partial charge in [-0.25, -0.2) is 0 Å². The average molecular weight is 334 g/mol. The lowest BCUT2D eigenvalue weighted by Gasteiger charge is -2.24. The standard InChI is InChI=1S/C18H20ClNO3/c1-18(22,14-7-3-2-4-8-14)13-20-17(21)11-12-23-16-10-6-5-9-15(16)19/h2-10,22H,11-13H2,1H3,(H,20,21). The van der Waals surface area contributed by atoms with Gasteiger partial charge < -0.3 is 15.2 Å². The van der Waals surface area contributed by atoms with Gasteiger partial charge in [-0.1, -0.05) is 54.1 Å². The predicted molar refractivity (Wildman–Crippen MR) is 90.6 cm³/mol. The smallest absolute Gasteiger partial charge is 0.223 e. The number of aliphatic hydroxyl groups is 1. The van der Waals surface area contributed by atoms with Crippen molar-refractivity contribution in [1.82, 2.24) is 5.32 Å². The molecule has 0 aliphatic heterocycles. The van der Waals surface area contributed by atoms with Crippen LogP contribution in [0.15, 0.2) is 54.6 Å². The average Bonchev–Trinajstić information content (AvgIpc) is 2.56. The molecular weight excluding hydrogens is 314 g/mol. The van der Waals surface area contributed by atoms with Gasteiger partial charge in [-0.15, -0.1) is 0 Å². The molecule has 5 heteroatoms. The fraction of sp³-hybridized carbons (Fsp3) is 0.278. The minimum absolute atomic E-state index is 0.141. The molecule has 0 aromatic heterocycles. The zero-order valence-electron chi connectivity index (χ0n) is 13.0. The molecule has 1 amide bonds. The molecule has 0 heterocycles. The van der Waals surface area contributed by atoms with Crippen LogP contribution in [-0.4, -0.2) is 24.2 Å². The summed E-state index contributed by atoms with van der Waals surface area (Å²) >= 11 is 5.97. The van der Waals surface area contributed by atoms with Gasteiger partial charge in [0.05, 0.1) is 24.6 Å². The SMILES string of the molecule is CC(O)(CNC(=O)CCOc1ccccc1Cl)c1ccccc1. The van der Waals surface area contributed by atoms with E-state index in [-0.39, 0.29) is 25.5 Å². The lowest BCUT2D eigenvalue weighted by atomic mass is 9.96. The van der Waals surface area contributed by atoms with Crippen molar-refractivity contribution in [2.24, 2.45) is 0 Å². The molecule has 0 aliphatic rings. The first kappa shape index (κ1) is 17.3. The number of hydrogen-bond donors (Lipinski definition) is 2. The van der Waals surface area contributed by atoms with E-state index in [2.05, 4.69) is 5.32 Å². The lowest BCUT2D eigenvalue weighted by molar-refractivity contribution is -0.122. The van der Waals surface area contributed by atoms with Gasteiger partial charge in [-0.2, -0.15) is 0 Å². The first-order valence-electron chi connectivity index (χ1n) is 7.41. The van der Waals surface area contributed by atoms with Gasteiger partial charge in [0.2, 0.25) is 5.91 Å². The lowest BCUT2D eigenvalue weighted by Crippen LogP contribution is -2.39. The molecule has 2 N–H and O–H groups in total. The molecule has 0 saturated carbocycles. The Bertz CT molecular complexity index is 644. The molecule has 0 fully saturated rings. The minimum atomic E-state index is -1.11. The minimum Gasteiger partial charge on any atom is -0.491 e. The largest absolute Gasteiger partial charge is 0.491 e. The summed E-state index contributed by atoms with van der Waals surface area (Å²) in [7, 11) is 0. The predicted octanol–water partition coefficient (Wildman–Crippen LogP) is 3.13. The molecule has 0 radical (unpaired) electrons. The number of benzene rings is 2. The normalized spacial score (nSPS) is 13.2. The molecular formula is C18H20ClNO3. The van der Waals surface area contributed by atoms with Crippen molar-refractivity contribution in [3.05, 3.63) is 65.2 Å². The van der Waals surface area contributed by atoms with Crippen molar-refractivity contribution in [3.8, 4) is 5.75 Å². The van der Waals surface area contributed by atoms with E-state index in [0.717, 1.165) is 5.56 Å². The molecule has 4 nitrogen and oxygen atoms in total. The summed E-state index contributed by atoms with van der Waals surface area (Å²) in [5, 5.41) is 13.6. The summed E-state index contributed by atoms with van der Waals surface area (Å²) in [4.78, 5) is 11.9. The molecule has 0 aliphatic carbocycles. The molecule has 2 aromatic rings. The van der Waals surface area contributed by atoms with E-state index in [0.29, 0.717) is 10.8 Å². The number of amides is 1. The van der Waals surface area contributed by atoms with Crippen LogP contribution in [0.3, 0.4) is 0 Å². The van der Waals surface area contributed by atoms with E-state index >= 15 is 0 Å². The molecule has 1 unspecified atom stereocenters. The Morgan fingerprint density at radius 1 is 1.17 bits per heavy atom. The number of hydrogen-bond acceptors (Lipinski definition) is 3. The molecule has 23 heavy (non-hydrogen) atoms. The van der Waals surface area contributed by atoms with Crippen molar-refractivity contribution in [2.75, 3.05) is 13.2 Å². The van der Waals surface area contributed by atoms with Crippen LogP contribution >= 0.6 is 11.6 Å². The Labute approximate surface area is 141 Å². The monoisotopic (exact) mass is 333 g/mol. The first-order chi connectivity index (χ1) is 11.0. The second-order valence-electron chi connectivity index (χ2n) is 5.45. The zero-order chi connectivity index (χ0) is 16.7. The third-order valence-corrected chi connectivity index (χ3v) is 3.76. The Morgan fingerprint density at radius 3 is 2.52 bits per heavy atom. The van der Waals surface area contributed by atoms with Crippen LogP contribution in [0, 0.1) is 0 Å². The number of halogens is 1. The van der Waals surface area contributed by atoms with E-state index < -0.39 is 5.60 Å². The highest BCUT2D eigenvalue weighted by Crippen LogP contribution is 2.23. The number of ether oxygens (including phenoxy) is 1. The highest BCUT2D eigenvalue weighted by molar-refractivity contribution is 6.32. The van der Waals surface area contributed by atoms with Gasteiger partial charge in [-0.05, 0) is 24.6 Å². The molecule has 0 saturated heterocycles. The number of carbonyl (C=O) groups is 1. The van der Waals surface area contributed by atoms with E-state index in [1.165, 1.54) is 0 Å². The fourth-order valence-electron chi connectivity index (χ4n) is 2.07. The quantitative estimate of drug-likeness (QED) is 0.818.